The topological polar surface area (TPSA) is 66.9 Å². The van der Waals surface area contributed by atoms with Crippen LogP contribution in [-0.2, 0) is 21.4 Å². The molecule has 0 saturated carbocycles. The Morgan fingerprint density at radius 2 is 1.54 bits per heavy atom. The Morgan fingerprint density at radius 1 is 0.964 bits per heavy atom. The van der Waals surface area contributed by atoms with Crippen LogP contribution in [0.4, 0.5) is 5.69 Å². The van der Waals surface area contributed by atoms with Gasteiger partial charge in [-0.2, -0.15) is 0 Å². The van der Waals surface area contributed by atoms with Gasteiger partial charge in [-0.05, 0) is 50.6 Å². The molecule has 0 aromatic heterocycles. The van der Waals surface area contributed by atoms with Crippen LogP contribution in [0.1, 0.15) is 25.0 Å². The Labute approximate surface area is 167 Å². The van der Waals surface area contributed by atoms with Gasteiger partial charge < -0.3 is 9.64 Å². The number of ether oxygens (including phenoxy) is 1. The van der Waals surface area contributed by atoms with Gasteiger partial charge in [0.2, 0.25) is 10.0 Å². The Hall–Kier alpha value is -2.54. The third kappa shape index (κ3) is 5.99. The summed E-state index contributed by atoms with van der Waals surface area (Å²) in [5.41, 5.74) is 2.57. The van der Waals surface area contributed by atoms with E-state index < -0.39 is 10.0 Å². The number of likely N-dealkylation sites (N-methyl/N-ethyl adjacent to an activating group) is 1. The van der Waals surface area contributed by atoms with Crippen molar-refractivity contribution in [3.8, 4) is 5.75 Å². The van der Waals surface area contributed by atoms with Crippen LogP contribution in [0.2, 0.25) is 0 Å². The van der Waals surface area contributed by atoms with Crippen LogP contribution < -0.4 is 9.04 Å². The maximum Gasteiger partial charge on any atom is 0.260 e. The fourth-order valence-corrected chi connectivity index (χ4v) is 3.67. The van der Waals surface area contributed by atoms with Crippen molar-refractivity contribution in [3.63, 3.8) is 0 Å². The predicted molar refractivity (Wildman–Crippen MR) is 112 cm³/mol. The Balaban J connectivity index is 2.11. The number of rotatable bonds is 9. The normalized spacial score (nSPS) is 11.1. The lowest BCUT2D eigenvalue weighted by molar-refractivity contribution is -0.132. The SMILES string of the molecule is CCN(CC)C(=O)COc1ccc(N(Cc2ccc(C)cc2)S(C)(=O)=O)cc1. The first-order chi connectivity index (χ1) is 13.2. The summed E-state index contributed by atoms with van der Waals surface area (Å²) in [5.74, 6) is 0.444. The summed E-state index contributed by atoms with van der Waals surface area (Å²) in [4.78, 5) is 13.7. The van der Waals surface area contributed by atoms with Crippen LogP contribution in [0.5, 0.6) is 5.75 Å². The second-order valence-corrected chi connectivity index (χ2v) is 8.51. The molecule has 0 fully saturated rings. The number of hydrogen-bond donors (Lipinski definition) is 0. The van der Waals surface area contributed by atoms with Gasteiger partial charge in [-0.15, -0.1) is 0 Å². The summed E-state index contributed by atoms with van der Waals surface area (Å²) < 4.78 is 31.5. The molecule has 0 aliphatic carbocycles. The maximum atomic E-state index is 12.3. The van der Waals surface area contributed by atoms with Crippen molar-refractivity contribution >= 4 is 21.6 Å². The smallest absolute Gasteiger partial charge is 0.260 e. The molecule has 7 heteroatoms. The number of anilines is 1. The minimum absolute atomic E-state index is 0.0415. The van der Waals surface area contributed by atoms with E-state index in [1.807, 2.05) is 45.0 Å². The molecule has 0 N–H and O–H groups in total. The number of carbonyl (C=O) groups excluding carboxylic acids is 1. The lowest BCUT2D eigenvalue weighted by atomic mass is 10.1. The second kappa shape index (κ2) is 9.59. The van der Waals surface area contributed by atoms with Gasteiger partial charge in [-0.3, -0.25) is 9.10 Å². The van der Waals surface area contributed by atoms with Crippen LogP contribution in [0.15, 0.2) is 48.5 Å². The molecule has 0 aliphatic heterocycles. The number of nitrogens with zero attached hydrogens (tertiary/aromatic N) is 2. The van der Waals surface area contributed by atoms with E-state index in [9.17, 15) is 13.2 Å². The van der Waals surface area contributed by atoms with Crippen molar-refractivity contribution in [2.45, 2.75) is 27.3 Å². The molecule has 0 aliphatic rings. The van der Waals surface area contributed by atoms with E-state index >= 15 is 0 Å². The monoisotopic (exact) mass is 404 g/mol. The Morgan fingerprint density at radius 3 is 2.04 bits per heavy atom. The van der Waals surface area contributed by atoms with Crippen molar-refractivity contribution in [2.75, 3.05) is 30.3 Å². The fraction of sp³-hybridized carbons (Fsp3) is 0.381. The van der Waals surface area contributed by atoms with Gasteiger partial charge in [0.15, 0.2) is 6.61 Å². The zero-order valence-electron chi connectivity index (χ0n) is 16.9. The van der Waals surface area contributed by atoms with E-state index in [0.717, 1.165) is 11.1 Å². The molecule has 2 rings (SSSR count). The highest BCUT2D eigenvalue weighted by Crippen LogP contribution is 2.24. The minimum Gasteiger partial charge on any atom is -0.484 e. The number of hydrogen-bond acceptors (Lipinski definition) is 4. The van der Waals surface area contributed by atoms with Crippen LogP contribution in [-0.4, -0.2) is 45.2 Å². The molecule has 152 valence electrons. The zero-order chi connectivity index (χ0) is 20.7. The van der Waals surface area contributed by atoms with Crippen LogP contribution in [0.25, 0.3) is 0 Å². The third-order valence-corrected chi connectivity index (χ3v) is 5.59. The van der Waals surface area contributed by atoms with Crippen LogP contribution >= 0.6 is 0 Å². The quantitative estimate of drug-likeness (QED) is 0.644. The molecule has 28 heavy (non-hydrogen) atoms. The molecule has 0 saturated heterocycles. The van der Waals surface area contributed by atoms with Crippen molar-refractivity contribution in [1.82, 2.24) is 4.90 Å². The molecule has 0 bridgehead atoms. The molecule has 2 aromatic carbocycles. The summed E-state index contributed by atoms with van der Waals surface area (Å²) in [6.45, 7) is 7.32. The molecule has 0 spiro atoms. The molecule has 6 nitrogen and oxygen atoms in total. The average Bonchev–Trinajstić information content (AvgIpc) is 2.66. The van der Waals surface area contributed by atoms with E-state index in [2.05, 4.69) is 0 Å². The van der Waals surface area contributed by atoms with E-state index in [1.54, 1.807) is 29.2 Å². The number of aryl methyl sites for hydroxylation is 1. The molecular weight excluding hydrogens is 376 g/mol. The molecule has 0 heterocycles. The van der Waals surface area contributed by atoms with E-state index in [-0.39, 0.29) is 19.1 Å². The first kappa shape index (κ1) is 21.8. The Kier molecular flexibility index (Phi) is 7.45. The molecule has 1 amide bonds. The van der Waals surface area contributed by atoms with Gasteiger partial charge in [0.05, 0.1) is 18.5 Å². The number of amides is 1. The van der Waals surface area contributed by atoms with Gasteiger partial charge in [-0.1, -0.05) is 29.8 Å². The fourth-order valence-electron chi connectivity index (χ4n) is 2.78. The third-order valence-electron chi connectivity index (χ3n) is 4.45. The van der Waals surface area contributed by atoms with Crippen LogP contribution in [0.3, 0.4) is 0 Å². The highest BCUT2D eigenvalue weighted by atomic mass is 32.2. The van der Waals surface area contributed by atoms with Crippen molar-refractivity contribution in [3.05, 3.63) is 59.7 Å². The molecule has 0 atom stereocenters. The van der Waals surface area contributed by atoms with Gasteiger partial charge in [0.1, 0.15) is 5.75 Å². The lowest BCUT2D eigenvalue weighted by Gasteiger charge is -2.23. The standard InChI is InChI=1S/C21H28N2O4S/c1-5-22(6-2)21(24)16-27-20-13-11-19(12-14-20)23(28(4,25)26)15-18-9-7-17(3)8-10-18/h7-14H,5-6,15-16H2,1-4H3. The van der Waals surface area contributed by atoms with Crippen molar-refractivity contribution in [2.24, 2.45) is 0 Å². The van der Waals surface area contributed by atoms with Crippen LogP contribution in [0, 0.1) is 6.92 Å². The Bertz CT molecular complexity index is 874. The van der Waals surface area contributed by atoms with Gasteiger partial charge in [-0.25, -0.2) is 8.42 Å². The van der Waals surface area contributed by atoms with Crippen molar-refractivity contribution < 1.29 is 17.9 Å². The second-order valence-electron chi connectivity index (χ2n) is 6.60. The molecule has 2 aromatic rings. The number of carbonyl (C=O) groups is 1. The highest BCUT2D eigenvalue weighted by Gasteiger charge is 2.18. The first-order valence-electron chi connectivity index (χ1n) is 9.28. The highest BCUT2D eigenvalue weighted by molar-refractivity contribution is 7.92. The molecular formula is C21H28N2O4S. The number of sulfonamides is 1. The predicted octanol–water partition coefficient (Wildman–Crippen LogP) is 3.21. The average molecular weight is 405 g/mol. The lowest BCUT2D eigenvalue weighted by Crippen LogP contribution is -2.34. The minimum atomic E-state index is -3.45. The summed E-state index contributed by atoms with van der Waals surface area (Å²) >= 11 is 0. The summed E-state index contributed by atoms with van der Waals surface area (Å²) in [7, 11) is -3.45. The van der Waals surface area contributed by atoms with E-state index in [1.165, 1.54) is 10.6 Å². The summed E-state index contributed by atoms with van der Waals surface area (Å²) in [6, 6.07) is 14.5. The summed E-state index contributed by atoms with van der Waals surface area (Å²) in [5, 5.41) is 0. The maximum absolute atomic E-state index is 12.3. The number of benzene rings is 2. The summed E-state index contributed by atoms with van der Waals surface area (Å²) in [6.07, 6.45) is 1.19. The molecule has 0 unspecified atom stereocenters. The van der Waals surface area contributed by atoms with Crippen molar-refractivity contribution in [1.29, 1.82) is 0 Å². The van der Waals surface area contributed by atoms with Gasteiger partial charge >= 0.3 is 0 Å². The largest absolute Gasteiger partial charge is 0.484 e. The van der Waals surface area contributed by atoms with Gasteiger partial charge in [0.25, 0.3) is 5.91 Å². The van der Waals surface area contributed by atoms with Gasteiger partial charge in [0, 0.05) is 13.1 Å². The molecule has 0 radical (unpaired) electrons. The van der Waals surface area contributed by atoms with E-state index in [4.69, 9.17) is 4.74 Å². The van der Waals surface area contributed by atoms with E-state index in [0.29, 0.717) is 24.5 Å². The zero-order valence-corrected chi connectivity index (χ0v) is 17.7. The first-order valence-corrected chi connectivity index (χ1v) is 11.1.